The molecule has 0 aliphatic rings. The van der Waals surface area contributed by atoms with Gasteiger partial charge in [-0.25, -0.2) is 4.98 Å². The highest BCUT2D eigenvalue weighted by Crippen LogP contribution is 2.20. The molecule has 1 heterocycles. The molecule has 0 aliphatic heterocycles. The summed E-state index contributed by atoms with van der Waals surface area (Å²) in [7, 11) is 1.92. The Morgan fingerprint density at radius 3 is 2.83 bits per heavy atom. The minimum absolute atomic E-state index is 0.398. The quantitative estimate of drug-likeness (QED) is 0.691. The van der Waals surface area contributed by atoms with Crippen LogP contribution in [0.1, 0.15) is 16.2 Å². The third-order valence-corrected chi connectivity index (χ3v) is 2.69. The van der Waals surface area contributed by atoms with E-state index in [9.17, 15) is 4.79 Å². The van der Waals surface area contributed by atoms with E-state index < -0.39 is 5.91 Å². The Labute approximate surface area is 105 Å². The number of nitrogens with two attached hydrogens (primary N) is 2. The Morgan fingerprint density at radius 1 is 1.50 bits per heavy atom. The van der Waals surface area contributed by atoms with Crippen LogP contribution in [0.2, 0.25) is 0 Å². The van der Waals surface area contributed by atoms with Crippen LogP contribution >= 0.6 is 0 Å². The monoisotopic (exact) mass is 245 g/mol. The number of hydrogen-bond donors (Lipinski definition) is 3. The topological polar surface area (TPSA) is 99.0 Å². The number of anilines is 2. The van der Waals surface area contributed by atoms with Crippen molar-refractivity contribution in [1.82, 2.24) is 9.55 Å². The molecule has 0 saturated carbocycles. The highest BCUT2D eigenvalue weighted by Gasteiger charge is 2.05. The van der Waals surface area contributed by atoms with Crippen molar-refractivity contribution in [2.45, 2.75) is 6.54 Å². The Morgan fingerprint density at radius 2 is 2.28 bits per heavy atom. The molecule has 0 saturated heterocycles. The maximum Gasteiger partial charge on any atom is 0.248 e. The zero-order valence-corrected chi connectivity index (χ0v) is 10.1. The lowest BCUT2D eigenvalue weighted by Crippen LogP contribution is -2.12. The summed E-state index contributed by atoms with van der Waals surface area (Å²) in [6.07, 6.45) is 3.60. The van der Waals surface area contributed by atoms with Gasteiger partial charge in [-0.2, -0.15) is 0 Å². The number of imidazole rings is 1. The van der Waals surface area contributed by atoms with Gasteiger partial charge in [0.15, 0.2) is 0 Å². The van der Waals surface area contributed by atoms with E-state index in [-0.39, 0.29) is 0 Å². The third-order valence-electron chi connectivity index (χ3n) is 2.69. The largest absolute Gasteiger partial charge is 0.397 e. The molecule has 2 aromatic rings. The van der Waals surface area contributed by atoms with Gasteiger partial charge in [-0.1, -0.05) is 0 Å². The lowest BCUT2D eigenvalue weighted by atomic mass is 10.1. The van der Waals surface area contributed by atoms with Crippen LogP contribution in [-0.2, 0) is 13.6 Å². The van der Waals surface area contributed by atoms with Gasteiger partial charge in [0.1, 0.15) is 5.82 Å². The number of primary amides is 1. The van der Waals surface area contributed by atoms with Gasteiger partial charge in [-0.05, 0) is 18.2 Å². The second kappa shape index (κ2) is 4.79. The number of amides is 1. The number of carbonyl (C=O) groups excluding carboxylic acids is 1. The third kappa shape index (κ3) is 2.42. The number of nitrogens with zero attached hydrogens (tertiary/aromatic N) is 2. The maximum atomic E-state index is 11.0. The first kappa shape index (κ1) is 12.0. The number of carbonyl (C=O) groups is 1. The molecule has 0 radical (unpaired) electrons. The van der Waals surface area contributed by atoms with Crippen molar-refractivity contribution in [1.29, 1.82) is 0 Å². The Bertz CT molecular complexity index is 576. The smallest absolute Gasteiger partial charge is 0.248 e. The molecule has 0 unspecified atom stereocenters. The van der Waals surface area contributed by atoms with Crippen LogP contribution < -0.4 is 16.8 Å². The molecule has 0 aliphatic carbocycles. The fourth-order valence-corrected chi connectivity index (χ4v) is 1.62. The van der Waals surface area contributed by atoms with Gasteiger partial charge in [0.25, 0.3) is 0 Å². The van der Waals surface area contributed by atoms with E-state index in [1.54, 1.807) is 24.4 Å². The predicted molar refractivity (Wildman–Crippen MR) is 69.9 cm³/mol. The first-order valence-electron chi connectivity index (χ1n) is 5.47. The lowest BCUT2D eigenvalue weighted by Gasteiger charge is -2.10. The molecule has 0 atom stereocenters. The van der Waals surface area contributed by atoms with Crippen molar-refractivity contribution in [3.63, 3.8) is 0 Å². The number of aromatic nitrogens is 2. The van der Waals surface area contributed by atoms with Crippen LogP contribution in [-0.4, -0.2) is 15.5 Å². The fourth-order valence-electron chi connectivity index (χ4n) is 1.62. The van der Waals surface area contributed by atoms with Crippen LogP contribution in [0, 0.1) is 0 Å². The molecule has 1 aromatic heterocycles. The van der Waals surface area contributed by atoms with E-state index >= 15 is 0 Å². The van der Waals surface area contributed by atoms with Gasteiger partial charge in [0, 0.05) is 25.0 Å². The molecule has 1 aromatic carbocycles. The van der Waals surface area contributed by atoms with Gasteiger partial charge in [0.2, 0.25) is 5.91 Å². The van der Waals surface area contributed by atoms with Crippen LogP contribution in [0.4, 0.5) is 11.4 Å². The van der Waals surface area contributed by atoms with Gasteiger partial charge in [-0.15, -0.1) is 0 Å². The molecule has 2 rings (SSSR count). The van der Waals surface area contributed by atoms with Gasteiger partial charge >= 0.3 is 0 Å². The number of aryl methyl sites for hydroxylation is 1. The van der Waals surface area contributed by atoms with Crippen molar-refractivity contribution in [2.75, 3.05) is 11.1 Å². The Kier molecular flexibility index (Phi) is 3.18. The highest BCUT2D eigenvalue weighted by atomic mass is 16.1. The first-order chi connectivity index (χ1) is 8.58. The zero-order chi connectivity index (χ0) is 13.1. The normalized spacial score (nSPS) is 10.3. The van der Waals surface area contributed by atoms with E-state index in [1.807, 2.05) is 17.8 Å². The van der Waals surface area contributed by atoms with Crippen molar-refractivity contribution in [3.8, 4) is 0 Å². The SMILES string of the molecule is Cn1ccnc1CNc1ccc(C(N)=O)cc1N. The summed E-state index contributed by atoms with van der Waals surface area (Å²) in [4.78, 5) is 15.2. The highest BCUT2D eigenvalue weighted by molar-refractivity contribution is 5.94. The summed E-state index contributed by atoms with van der Waals surface area (Å²) in [5, 5.41) is 3.16. The summed E-state index contributed by atoms with van der Waals surface area (Å²) in [5.41, 5.74) is 12.7. The number of hydrogen-bond acceptors (Lipinski definition) is 4. The average Bonchev–Trinajstić information content (AvgIpc) is 2.73. The van der Waals surface area contributed by atoms with Crippen molar-refractivity contribution in [2.24, 2.45) is 12.8 Å². The summed E-state index contributed by atoms with van der Waals surface area (Å²) in [6, 6.07) is 4.93. The molecule has 5 N–H and O–H groups in total. The van der Waals surface area contributed by atoms with Crippen molar-refractivity contribution >= 4 is 17.3 Å². The second-order valence-electron chi connectivity index (χ2n) is 3.97. The second-order valence-corrected chi connectivity index (χ2v) is 3.97. The van der Waals surface area contributed by atoms with E-state index in [0.29, 0.717) is 17.8 Å². The van der Waals surface area contributed by atoms with Crippen LogP contribution in [0.3, 0.4) is 0 Å². The number of benzene rings is 1. The van der Waals surface area contributed by atoms with E-state index in [1.165, 1.54) is 0 Å². The number of nitrogens with one attached hydrogen (secondary N) is 1. The molecule has 6 heteroatoms. The fraction of sp³-hybridized carbons (Fsp3) is 0.167. The molecule has 94 valence electrons. The van der Waals surface area contributed by atoms with Crippen molar-refractivity contribution in [3.05, 3.63) is 42.0 Å². The predicted octanol–water partition coefficient (Wildman–Crippen LogP) is 0.713. The minimum atomic E-state index is -0.489. The summed E-state index contributed by atoms with van der Waals surface area (Å²) < 4.78 is 1.92. The van der Waals surface area contributed by atoms with E-state index in [4.69, 9.17) is 11.5 Å². The number of rotatable bonds is 4. The molecule has 6 nitrogen and oxygen atoms in total. The molecule has 0 bridgehead atoms. The van der Waals surface area contributed by atoms with E-state index in [0.717, 1.165) is 11.5 Å². The van der Waals surface area contributed by atoms with Gasteiger partial charge in [-0.3, -0.25) is 4.79 Å². The summed E-state index contributed by atoms with van der Waals surface area (Å²) in [5.74, 6) is 0.408. The molecule has 0 fully saturated rings. The minimum Gasteiger partial charge on any atom is -0.397 e. The summed E-state index contributed by atoms with van der Waals surface area (Å²) in [6.45, 7) is 0.559. The maximum absolute atomic E-state index is 11.0. The molecular formula is C12H15N5O. The summed E-state index contributed by atoms with van der Waals surface area (Å²) >= 11 is 0. The Hall–Kier alpha value is -2.50. The Balaban J connectivity index is 2.11. The first-order valence-corrected chi connectivity index (χ1v) is 5.47. The van der Waals surface area contributed by atoms with Crippen LogP contribution in [0.25, 0.3) is 0 Å². The molecule has 0 spiro atoms. The molecular weight excluding hydrogens is 230 g/mol. The number of nitrogen functional groups attached to an aromatic ring is 1. The zero-order valence-electron chi connectivity index (χ0n) is 10.1. The standard InChI is InChI=1S/C12H15N5O/c1-17-5-4-15-11(17)7-16-10-3-2-8(12(14)18)6-9(10)13/h2-6,16H,7,13H2,1H3,(H2,14,18). The van der Waals surface area contributed by atoms with Gasteiger partial charge in [0.05, 0.1) is 17.9 Å². The molecule has 1 amide bonds. The van der Waals surface area contributed by atoms with E-state index in [2.05, 4.69) is 10.3 Å². The van der Waals surface area contributed by atoms with Crippen LogP contribution in [0.5, 0.6) is 0 Å². The average molecular weight is 245 g/mol. The molecule has 18 heavy (non-hydrogen) atoms. The van der Waals surface area contributed by atoms with Gasteiger partial charge < -0.3 is 21.4 Å². The van der Waals surface area contributed by atoms with Crippen molar-refractivity contribution < 1.29 is 4.79 Å². The lowest BCUT2D eigenvalue weighted by molar-refractivity contribution is 0.100. The van der Waals surface area contributed by atoms with Crippen LogP contribution in [0.15, 0.2) is 30.6 Å².